The van der Waals surface area contributed by atoms with Crippen molar-refractivity contribution in [2.75, 3.05) is 18.4 Å². The van der Waals surface area contributed by atoms with Crippen LogP contribution in [0.15, 0.2) is 47.4 Å². The number of carbonyl (C=O) groups excluding carboxylic acids is 1. The Bertz CT molecular complexity index is 887. The lowest BCUT2D eigenvalue weighted by Crippen LogP contribution is -2.42. The first-order valence-electron chi connectivity index (χ1n) is 8.41. The normalized spacial score (nSPS) is 20.2. The molecule has 0 bridgehead atoms. The van der Waals surface area contributed by atoms with Gasteiger partial charge < -0.3 is 11.1 Å². The highest BCUT2D eigenvalue weighted by Crippen LogP contribution is 2.22. The van der Waals surface area contributed by atoms with Gasteiger partial charge in [-0.1, -0.05) is 6.07 Å². The zero-order chi connectivity index (χ0) is 19.6. The minimum Gasteiger partial charge on any atom is -0.326 e. The van der Waals surface area contributed by atoms with E-state index < -0.39 is 36.8 Å². The topological polar surface area (TPSA) is 80.4 Å². The number of anilines is 1. The summed E-state index contributed by atoms with van der Waals surface area (Å²) in [6.07, 6.45) is -0.874. The number of rotatable bonds is 5. The second kappa shape index (κ2) is 7.93. The highest BCUT2D eigenvalue weighted by Gasteiger charge is 2.36. The van der Waals surface area contributed by atoms with E-state index >= 15 is 0 Å². The van der Waals surface area contributed by atoms with Gasteiger partial charge in [-0.2, -0.15) is 0 Å². The third kappa shape index (κ3) is 4.37. The van der Waals surface area contributed by atoms with Crippen LogP contribution in [0.4, 0.5) is 18.9 Å². The summed E-state index contributed by atoms with van der Waals surface area (Å²) in [6, 6.07) is 7.24. The molecule has 1 aliphatic heterocycles. The Hall–Kier alpha value is -2.65. The van der Waals surface area contributed by atoms with Crippen molar-refractivity contribution < 1.29 is 18.0 Å². The van der Waals surface area contributed by atoms with Crippen LogP contribution in [-0.2, 0) is 4.79 Å². The van der Waals surface area contributed by atoms with Gasteiger partial charge in [-0.15, -0.1) is 0 Å². The van der Waals surface area contributed by atoms with Crippen LogP contribution in [0.3, 0.4) is 0 Å². The number of carbonyl (C=O) groups is 1. The Morgan fingerprint density at radius 1 is 1.30 bits per heavy atom. The molecule has 1 aromatic carbocycles. The molecule has 1 aliphatic rings. The lowest BCUT2D eigenvalue weighted by atomic mass is 10.1. The van der Waals surface area contributed by atoms with Gasteiger partial charge in [0.15, 0.2) is 0 Å². The first kappa shape index (κ1) is 19.1. The molecule has 2 heterocycles. The summed E-state index contributed by atoms with van der Waals surface area (Å²) >= 11 is 0. The predicted octanol–water partition coefficient (Wildman–Crippen LogP) is 1.58. The smallest absolute Gasteiger partial charge is 0.255 e. The monoisotopic (exact) mass is 380 g/mol. The minimum absolute atomic E-state index is 0.0924. The van der Waals surface area contributed by atoms with Crippen molar-refractivity contribution in [1.29, 1.82) is 0 Å². The first-order valence-corrected chi connectivity index (χ1v) is 8.41. The Morgan fingerprint density at radius 2 is 2.07 bits per heavy atom. The van der Waals surface area contributed by atoms with Crippen LogP contribution in [0, 0.1) is 5.82 Å². The van der Waals surface area contributed by atoms with E-state index in [0.29, 0.717) is 5.69 Å². The third-order valence-electron chi connectivity index (χ3n) is 4.42. The SMILES string of the molecule is N[C@H]1C[C@@H](C(=O)Nc2ccc(-n3ccccc3=O)cc2F)N(CC(F)F)C1. The van der Waals surface area contributed by atoms with E-state index in [1.54, 1.807) is 12.1 Å². The van der Waals surface area contributed by atoms with Crippen LogP contribution in [0.2, 0.25) is 0 Å². The fourth-order valence-electron chi connectivity index (χ4n) is 3.20. The van der Waals surface area contributed by atoms with E-state index in [2.05, 4.69) is 5.32 Å². The maximum Gasteiger partial charge on any atom is 0.255 e. The molecule has 0 aliphatic carbocycles. The summed E-state index contributed by atoms with van der Waals surface area (Å²) in [5, 5.41) is 2.43. The second-order valence-electron chi connectivity index (χ2n) is 6.42. The van der Waals surface area contributed by atoms with Gasteiger partial charge >= 0.3 is 0 Å². The number of likely N-dealkylation sites (tertiary alicyclic amines) is 1. The predicted molar refractivity (Wildman–Crippen MR) is 94.6 cm³/mol. The van der Waals surface area contributed by atoms with E-state index in [-0.39, 0.29) is 24.2 Å². The van der Waals surface area contributed by atoms with Gasteiger partial charge in [0.1, 0.15) is 5.82 Å². The maximum absolute atomic E-state index is 14.4. The largest absolute Gasteiger partial charge is 0.326 e. The van der Waals surface area contributed by atoms with Crippen LogP contribution >= 0.6 is 0 Å². The quantitative estimate of drug-likeness (QED) is 0.826. The zero-order valence-corrected chi connectivity index (χ0v) is 14.3. The standard InChI is InChI=1S/C18H19F3N4O2/c19-13-8-12(25-6-2-1-3-17(25)26)4-5-14(13)23-18(27)15-7-11(22)9-24(15)10-16(20)21/h1-6,8,11,15-16H,7,9-10,22H2,(H,23,27)/t11-,15-/m0/s1. The van der Waals surface area contributed by atoms with Gasteiger partial charge in [-0.05, 0) is 24.6 Å². The number of pyridine rings is 1. The summed E-state index contributed by atoms with van der Waals surface area (Å²) in [5.74, 6) is -1.33. The molecular weight excluding hydrogens is 361 g/mol. The lowest BCUT2D eigenvalue weighted by Gasteiger charge is -2.23. The molecule has 144 valence electrons. The molecular formula is C18H19F3N4O2. The molecule has 1 aromatic heterocycles. The number of alkyl halides is 2. The summed E-state index contributed by atoms with van der Waals surface area (Å²) in [4.78, 5) is 25.6. The number of amides is 1. The van der Waals surface area contributed by atoms with Crippen molar-refractivity contribution in [3.8, 4) is 5.69 Å². The van der Waals surface area contributed by atoms with Gasteiger partial charge in [-0.25, -0.2) is 13.2 Å². The van der Waals surface area contributed by atoms with Crippen molar-refractivity contribution in [1.82, 2.24) is 9.47 Å². The summed E-state index contributed by atoms with van der Waals surface area (Å²) < 4.78 is 41.0. The van der Waals surface area contributed by atoms with Gasteiger partial charge in [0.25, 0.3) is 12.0 Å². The summed E-state index contributed by atoms with van der Waals surface area (Å²) in [7, 11) is 0. The maximum atomic E-state index is 14.4. The van der Waals surface area contributed by atoms with E-state index in [0.717, 1.165) is 6.07 Å². The Kier molecular flexibility index (Phi) is 5.62. The van der Waals surface area contributed by atoms with Crippen LogP contribution in [0.1, 0.15) is 6.42 Å². The Balaban J connectivity index is 1.76. The first-order chi connectivity index (χ1) is 12.8. The number of halogens is 3. The highest BCUT2D eigenvalue weighted by atomic mass is 19.3. The molecule has 6 nitrogen and oxygen atoms in total. The Labute approximate surface area is 153 Å². The molecule has 0 spiro atoms. The van der Waals surface area contributed by atoms with Crippen molar-refractivity contribution in [3.63, 3.8) is 0 Å². The van der Waals surface area contributed by atoms with Crippen molar-refractivity contribution in [2.24, 2.45) is 5.73 Å². The van der Waals surface area contributed by atoms with Gasteiger partial charge in [0.05, 0.1) is 24.0 Å². The molecule has 1 saturated heterocycles. The molecule has 2 aromatic rings. The number of hydrogen-bond donors (Lipinski definition) is 2. The number of benzene rings is 1. The molecule has 2 atom stereocenters. The average molecular weight is 380 g/mol. The van der Waals surface area contributed by atoms with Crippen molar-refractivity contribution in [2.45, 2.75) is 24.9 Å². The molecule has 3 N–H and O–H groups in total. The van der Waals surface area contributed by atoms with Crippen LogP contribution in [-0.4, -0.2) is 47.0 Å². The Morgan fingerprint density at radius 3 is 2.74 bits per heavy atom. The van der Waals surface area contributed by atoms with Crippen LogP contribution in [0.5, 0.6) is 0 Å². The van der Waals surface area contributed by atoms with Crippen LogP contribution in [0.25, 0.3) is 5.69 Å². The number of nitrogens with one attached hydrogen (secondary N) is 1. The van der Waals surface area contributed by atoms with Crippen molar-refractivity contribution >= 4 is 11.6 Å². The molecule has 1 amide bonds. The van der Waals surface area contributed by atoms with E-state index in [1.807, 2.05) is 0 Å². The van der Waals surface area contributed by atoms with E-state index in [9.17, 15) is 22.8 Å². The van der Waals surface area contributed by atoms with Gasteiger partial charge in [-0.3, -0.25) is 19.1 Å². The molecule has 1 fully saturated rings. The second-order valence-corrected chi connectivity index (χ2v) is 6.42. The van der Waals surface area contributed by atoms with E-state index in [4.69, 9.17) is 5.73 Å². The number of aromatic nitrogens is 1. The van der Waals surface area contributed by atoms with Crippen LogP contribution < -0.4 is 16.6 Å². The fourth-order valence-corrected chi connectivity index (χ4v) is 3.20. The number of hydrogen-bond acceptors (Lipinski definition) is 4. The average Bonchev–Trinajstić information content (AvgIpc) is 2.97. The molecule has 27 heavy (non-hydrogen) atoms. The fraction of sp³-hybridized carbons (Fsp3) is 0.333. The third-order valence-corrected chi connectivity index (χ3v) is 4.42. The number of nitrogens with zero attached hydrogens (tertiary/aromatic N) is 2. The summed E-state index contributed by atoms with van der Waals surface area (Å²) in [6.45, 7) is -0.384. The summed E-state index contributed by atoms with van der Waals surface area (Å²) in [5.41, 5.74) is 5.67. The molecule has 9 heteroatoms. The van der Waals surface area contributed by atoms with Gasteiger partial charge in [0.2, 0.25) is 5.91 Å². The highest BCUT2D eigenvalue weighted by molar-refractivity contribution is 5.95. The molecule has 0 saturated carbocycles. The van der Waals surface area contributed by atoms with Crippen molar-refractivity contribution in [3.05, 3.63) is 58.8 Å². The molecule has 3 rings (SSSR count). The number of nitrogens with two attached hydrogens (primary N) is 1. The van der Waals surface area contributed by atoms with E-state index in [1.165, 1.54) is 33.9 Å². The molecule has 0 radical (unpaired) electrons. The minimum atomic E-state index is -2.59. The van der Waals surface area contributed by atoms with Gasteiger partial charge in [0, 0.05) is 30.9 Å². The zero-order valence-electron chi connectivity index (χ0n) is 14.3. The molecule has 0 unspecified atom stereocenters. The lowest BCUT2D eigenvalue weighted by molar-refractivity contribution is -0.120.